The predicted molar refractivity (Wildman–Crippen MR) is 44.3 cm³/mol. The summed E-state index contributed by atoms with van der Waals surface area (Å²) in [4.78, 5) is 10.5. The van der Waals surface area contributed by atoms with Crippen molar-refractivity contribution in [1.82, 2.24) is 5.32 Å². The van der Waals surface area contributed by atoms with E-state index in [2.05, 4.69) is 11.2 Å². The van der Waals surface area contributed by atoms with Crippen molar-refractivity contribution in [3.05, 3.63) is 0 Å². The molecule has 0 atom stereocenters. The van der Waals surface area contributed by atoms with Crippen molar-refractivity contribution in [3.63, 3.8) is 0 Å². The summed E-state index contributed by atoms with van der Waals surface area (Å²) in [6.07, 6.45) is 5.74. The summed E-state index contributed by atoms with van der Waals surface area (Å²) < 4.78 is 4.89. The van der Waals surface area contributed by atoms with Crippen molar-refractivity contribution in [2.75, 3.05) is 13.1 Å². The van der Waals surface area contributed by atoms with E-state index in [0.717, 1.165) is 13.1 Å². The van der Waals surface area contributed by atoms with Crippen LogP contribution in [0.4, 0.5) is 4.79 Å². The molecule has 1 rings (SSSR count). The Morgan fingerprint density at radius 3 is 2.58 bits per heavy atom. The van der Waals surface area contributed by atoms with Crippen LogP contribution < -0.4 is 11.1 Å². The Kier molecular flexibility index (Phi) is 2.56. The Morgan fingerprint density at radius 1 is 1.58 bits per heavy atom. The molecule has 0 spiro atoms. The van der Waals surface area contributed by atoms with E-state index in [9.17, 15) is 4.79 Å². The van der Waals surface area contributed by atoms with Gasteiger partial charge >= 0.3 is 6.09 Å². The van der Waals surface area contributed by atoms with Gasteiger partial charge in [-0.3, -0.25) is 0 Å². The number of primary amides is 1. The van der Waals surface area contributed by atoms with Gasteiger partial charge in [0.15, 0.2) is 5.60 Å². The second-order valence-corrected chi connectivity index (χ2v) is 2.81. The predicted octanol–water partition coefficient (Wildman–Crippen LogP) is -0.163. The number of terminal acetylenes is 1. The summed E-state index contributed by atoms with van der Waals surface area (Å²) in [6.45, 7) is 1.52. The molecule has 1 aliphatic rings. The van der Waals surface area contributed by atoms with Gasteiger partial charge in [-0.2, -0.15) is 0 Å². The molecule has 3 N–H and O–H groups in total. The number of ether oxygens (including phenoxy) is 1. The molecule has 0 aromatic rings. The highest BCUT2D eigenvalue weighted by Crippen LogP contribution is 2.21. The van der Waals surface area contributed by atoms with E-state index in [4.69, 9.17) is 16.9 Å². The maximum absolute atomic E-state index is 10.5. The van der Waals surface area contributed by atoms with Crippen molar-refractivity contribution in [3.8, 4) is 12.3 Å². The van der Waals surface area contributed by atoms with Crippen LogP contribution in [0.3, 0.4) is 0 Å². The molecule has 0 bridgehead atoms. The molecule has 4 nitrogen and oxygen atoms in total. The highest BCUT2D eigenvalue weighted by Gasteiger charge is 2.33. The molecule has 0 aromatic carbocycles. The number of nitrogens with one attached hydrogen (secondary N) is 1. The van der Waals surface area contributed by atoms with Crippen LogP contribution in [-0.4, -0.2) is 24.8 Å². The molecule has 0 radical (unpaired) electrons. The highest BCUT2D eigenvalue weighted by molar-refractivity contribution is 5.65. The molecule has 4 heteroatoms. The van der Waals surface area contributed by atoms with Gasteiger partial charge in [-0.25, -0.2) is 4.79 Å². The molecule has 0 aliphatic carbocycles. The third-order valence-corrected chi connectivity index (χ3v) is 1.97. The van der Waals surface area contributed by atoms with Crippen LogP contribution in [-0.2, 0) is 4.74 Å². The van der Waals surface area contributed by atoms with Crippen molar-refractivity contribution in [2.24, 2.45) is 5.73 Å². The van der Waals surface area contributed by atoms with E-state index in [1.54, 1.807) is 0 Å². The van der Waals surface area contributed by atoms with Gasteiger partial charge in [0.1, 0.15) is 0 Å². The number of hydrogen-bond donors (Lipinski definition) is 2. The quantitative estimate of drug-likeness (QED) is 0.534. The molecule has 12 heavy (non-hydrogen) atoms. The monoisotopic (exact) mass is 168 g/mol. The van der Waals surface area contributed by atoms with Crippen LogP contribution in [0.15, 0.2) is 0 Å². The van der Waals surface area contributed by atoms with Gasteiger partial charge in [0.05, 0.1) is 0 Å². The first kappa shape index (κ1) is 8.88. The number of piperidine rings is 1. The second kappa shape index (κ2) is 3.46. The molecular weight excluding hydrogens is 156 g/mol. The number of carbonyl (C=O) groups is 1. The molecule has 1 heterocycles. The Balaban J connectivity index is 2.61. The van der Waals surface area contributed by atoms with Crippen molar-refractivity contribution >= 4 is 6.09 Å². The zero-order valence-electron chi connectivity index (χ0n) is 6.80. The Hall–Kier alpha value is -1.21. The molecule has 1 amide bonds. The number of hydrogen-bond acceptors (Lipinski definition) is 3. The fourth-order valence-electron chi connectivity index (χ4n) is 1.30. The first-order valence-corrected chi connectivity index (χ1v) is 3.85. The average Bonchev–Trinajstić information content (AvgIpc) is 2.05. The Labute approximate surface area is 71.5 Å². The van der Waals surface area contributed by atoms with Crippen molar-refractivity contribution in [1.29, 1.82) is 0 Å². The maximum Gasteiger partial charge on any atom is 0.406 e. The lowest BCUT2D eigenvalue weighted by Crippen LogP contribution is -2.45. The number of nitrogens with two attached hydrogens (primary N) is 1. The SMILES string of the molecule is C#CC1(OC(N)=O)CCNCC1. The zero-order chi connectivity index (χ0) is 9.03. The molecule has 1 aliphatic heterocycles. The summed E-state index contributed by atoms with van der Waals surface area (Å²) in [7, 11) is 0. The van der Waals surface area contributed by atoms with Gasteiger partial charge in [0.2, 0.25) is 0 Å². The first-order chi connectivity index (χ1) is 5.68. The van der Waals surface area contributed by atoms with E-state index < -0.39 is 11.7 Å². The average molecular weight is 168 g/mol. The number of carbonyl (C=O) groups excluding carboxylic acids is 1. The summed E-state index contributed by atoms with van der Waals surface area (Å²) in [5, 5.41) is 3.12. The lowest BCUT2D eigenvalue weighted by atomic mass is 9.93. The Morgan fingerprint density at radius 2 is 2.17 bits per heavy atom. The highest BCUT2D eigenvalue weighted by atomic mass is 16.6. The number of amides is 1. The number of rotatable bonds is 1. The minimum atomic E-state index is -0.796. The maximum atomic E-state index is 10.5. The molecule has 1 fully saturated rings. The molecule has 66 valence electrons. The molecular formula is C8H12N2O2. The molecule has 0 saturated carbocycles. The second-order valence-electron chi connectivity index (χ2n) is 2.81. The van der Waals surface area contributed by atoms with E-state index in [1.165, 1.54) is 0 Å². The fraction of sp³-hybridized carbons (Fsp3) is 0.625. The lowest BCUT2D eigenvalue weighted by Gasteiger charge is -2.31. The standard InChI is InChI=1S/C8H12N2O2/c1-2-8(12-7(9)11)3-5-10-6-4-8/h1,10H,3-6H2,(H2,9,11). The van der Waals surface area contributed by atoms with Crippen LogP contribution in [0.2, 0.25) is 0 Å². The summed E-state index contributed by atoms with van der Waals surface area (Å²) in [6, 6.07) is 0. The van der Waals surface area contributed by atoms with Gasteiger partial charge in [-0.1, -0.05) is 5.92 Å². The minimum absolute atomic E-state index is 0.631. The van der Waals surface area contributed by atoms with Crippen molar-refractivity contribution in [2.45, 2.75) is 18.4 Å². The van der Waals surface area contributed by atoms with Crippen LogP contribution in [0.25, 0.3) is 0 Å². The van der Waals surface area contributed by atoms with E-state index in [1.807, 2.05) is 0 Å². The topological polar surface area (TPSA) is 64.3 Å². The lowest BCUT2D eigenvalue weighted by molar-refractivity contribution is 0.0385. The Bertz CT molecular complexity index is 214. The van der Waals surface area contributed by atoms with Crippen LogP contribution in [0.5, 0.6) is 0 Å². The van der Waals surface area contributed by atoms with E-state index in [-0.39, 0.29) is 0 Å². The van der Waals surface area contributed by atoms with Crippen LogP contribution in [0.1, 0.15) is 12.8 Å². The van der Waals surface area contributed by atoms with Gasteiger partial charge < -0.3 is 15.8 Å². The molecule has 1 saturated heterocycles. The first-order valence-electron chi connectivity index (χ1n) is 3.85. The molecule has 0 aromatic heterocycles. The molecule has 0 unspecified atom stereocenters. The van der Waals surface area contributed by atoms with Crippen molar-refractivity contribution < 1.29 is 9.53 Å². The van der Waals surface area contributed by atoms with Crippen LogP contribution in [0, 0.1) is 12.3 Å². The third-order valence-electron chi connectivity index (χ3n) is 1.97. The van der Waals surface area contributed by atoms with Gasteiger partial charge in [0, 0.05) is 12.8 Å². The third kappa shape index (κ3) is 1.89. The van der Waals surface area contributed by atoms with E-state index in [0.29, 0.717) is 12.8 Å². The zero-order valence-corrected chi connectivity index (χ0v) is 6.80. The van der Waals surface area contributed by atoms with Gasteiger partial charge in [-0.15, -0.1) is 6.42 Å². The summed E-state index contributed by atoms with van der Waals surface area (Å²) in [5.41, 5.74) is 4.14. The largest absolute Gasteiger partial charge is 0.430 e. The fourth-order valence-corrected chi connectivity index (χ4v) is 1.30. The minimum Gasteiger partial charge on any atom is -0.430 e. The van der Waals surface area contributed by atoms with Gasteiger partial charge in [0.25, 0.3) is 0 Å². The smallest absolute Gasteiger partial charge is 0.406 e. The summed E-state index contributed by atoms with van der Waals surface area (Å²) >= 11 is 0. The summed E-state index contributed by atoms with van der Waals surface area (Å²) in [5.74, 6) is 2.49. The normalized spacial score (nSPS) is 20.9. The van der Waals surface area contributed by atoms with Gasteiger partial charge in [-0.05, 0) is 13.1 Å². The van der Waals surface area contributed by atoms with E-state index >= 15 is 0 Å². The van der Waals surface area contributed by atoms with Crippen LogP contribution >= 0.6 is 0 Å².